The van der Waals surface area contributed by atoms with E-state index in [9.17, 15) is 19.5 Å². The van der Waals surface area contributed by atoms with Crippen LogP contribution in [0.1, 0.15) is 62.9 Å². The van der Waals surface area contributed by atoms with Gasteiger partial charge in [-0.2, -0.15) is 0 Å². The summed E-state index contributed by atoms with van der Waals surface area (Å²) in [5.41, 5.74) is 2.13. The standard InChI is InChI=1S/C29H37N3O5/c1-10-32(27(35)22(17(2)3)31-28(36)37-29(7,8)9)24(21-16-12-15-20(6)25(21)33)26(34)30-23-18(4)13-11-14-19(23)5/h1,11-17,22,24,33H,2-9H3,(H,30,34)(H,31,36). The van der Waals surface area contributed by atoms with Gasteiger partial charge in [0.2, 0.25) is 0 Å². The quantitative estimate of drug-likeness (QED) is 0.362. The number of carbonyl (C=O) groups is 3. The number of alkyl carbamates (subject to hydrolysis) is 1. The van der Waals surface area contributed by atoms with Crippen LogP contribution in [0.5, 0.6) is 5.75 Å². The highest BCUT2D eigenvalue weighted by Crippen LogP contribution is 2.33. The lowest BCUT2D eigenvalue weighted by molar-refractivity contribution is -0.137. The molecule has 0 aliphatic heterocycles. The van der Waals surface area contributed by atoms with Crippen LogP contribution in [0.3, 0.4) is 0 Å². The molecule has 0 radical (unpaired) electrons. The minimum Gasteiger partial charge on any atom is -0.507 e. The van der Waals surface area contributed by atoms with Gasteiger partial charge in [0.05, 0.1) is 0 Å². The Bertz CT molecular complexity index is 1190. The van der Waals surface area contributed by atoms with Crippen LogP contribution in [0.2, 0.25) is 0 Å². The average molecular weight is 508 g/mol. The van der Waals surface area contributed by atoms with Crippen molar-refractivity contribution in [2.75, 3.05) is 5.32 Å². The van der Waals surface area contributed by atoms with Crippen LogP contribution in [-0.4, -0.2) is 39.6 Å². The molecule has 0 saturated heterocycles. The fourth-order valence-corrected chi connectivity index (χ4v) is 3.87. The first-order valence-electron chi connectivity index (χ1n) is 12.1. The second kappa shape index (κ2) is 11.8. The predicted octanol–water partition coefficient (Wildman–Crippen LogP) is 4.97. The van der Waals surface area contributed by atoms with Gasteiger partial charge in [0.15, 0.2) is 6.04 Å². The molecule has 0 bridgehead atoms. The fourth-order valence-electron chi connectivity index (χ4n) is 3.87. The number of amides is 3. The minimum absolute atomic E-state index is 0.154. The van der Waals surface area contributed by atoms with E-state index in [1.165, 1.54) is 0 Å². The normalized spacial score (nSPS) is 12.8. The lowest BCUT2D eigenvalue weighted by atomic mass is 9.97. The molecule has 37 heavy (non-hydrogen) atoms. The van der Waals surface area contributed by atoms with Crippen molar-refractivity contribution in [3.63, 3.8) is 0 Å². The van der Waals surface area contributed by atoms with Crippen LogP contribution in [-0.2, 0) is 14.3 Å². The molecule has 0 aliphatic rings. The summed E-state index contributed by atoms with van der Waals surface area (Å²) in [5.74, 6) is -1.84. The summed E-state index contributed by atoms with van der Waals surface area (Å²) in [6.07, 6.45) is 5.03. The van der Waals surface area contributed by atoms with E-state index in [1.807, 2.05) is 32.0 Å². The zero-order valence-corrected chi connectivity index (χ0v) is 22.8. The minimum atomic E-state index is -1.38. The predicted molar refractivity (Wildman–Crippen MR) is 144 cm³/mol. The number of rotatable bonds is 7. The molecular formula is C29H37N3O5. The van der Waals surface area contributed by atoms with Crippen molar-refractivity contribution in [1.82, 2.24) is 10.2 Å². The van der Waals surface area contributed by atoms with Crippen molar-refractivity contribution in [2.45, 2.75) is 73.1 Å². The molecule has 8 nitrogen and oxygen atoms in total. The molecule has 198 valence electrons. The number of phenols is 1. The average Bonchev–Trinajstić information content (AvgIpc) is 2.78. The van der Waals surface area contributed by atoms with Gasteiger partial charge in [0.1, 0.15) is 17.4 Å². The van der Waals surface area contributed by atoms with Gasteiger partial charge in [-0.25, -0.2) is 4.79 Å². The molecule has 0 heterocycles. The molecule has 2 unspecified atom stereocenters. The van der Waals surface area contributed by atoms with Crippen LogP contribution in [0, 0.1) is 39.2 Å². The SMILES string of the molecule is C#CN(C(=O)C(NC(=O)OC(C)(C)C)C(C)C)C(C(=O)Nc1c(C)cccc1C)c1cccc(C)c1O. The monoisotopic (exact) mass is 507 g/mol. The number of para-hydroxylation sites is 2. The van der Waals surface area contributed by atoms with Gasteiger partial charge in [0.25, 0.3) is 11.8 Å². The number of carbonyl (C=O) groups excluding carboxylic acids is 3. The first-order valence-corrected chi connectivity index (χ1v) is 12.1. The molecule has 0 fully saturated rings. The highest BCUT2D eigenvalue weighted by atomic mass is 16.6. The van der Waals surface area contributed by atoms with Crippen molar-refractivity contribution >= 4 is 23.6 Å². The van der Waals surface area contributed by atoms with Crippen LogP contribution < -0.4 is 10.6 Å². The first-order chi connectivity index (χ1) is 17.2. The van der Waals surface area contributed by atoms with Gasteiger partial charge >= 0.3 is 6.09 Å². The number of phenolic OH excluding ortho intramolecular Hbond substituents is 1. The third kappa shape index (κ3) is 7.26. The maximum Gasteiger partial charge on any atom is 0.408 e. The van der Waals surface area contributed by atoms with E-state index in [-0.39, 0.29) is 17.2 Å². The Balaban J connectivity index is 2.56. The number of aromatic hydroxyl groups is 1. The topological polar surface area (TPSA) is 108 Å². The molecule has 3 N–H and O–H groups in total. The highest BCUT2D eigenvalue weighted by molar-refractivity contribution is 6.00. The molecular weight excluding hydrogens is 470 g/mol. The molecule has 0 spiro atoms. The molecule has 2 atom stereocenters. The number of hydrogen-bond acceptors (Lipinski definition) is 5. The Labute approximate surface area is 219 Å². The molecule has 2 aromatic rings. The number of aryl methyl sites for hydroxylation is 3. The zero-order chi connectivity index (χ0) is 28.1. The number of nitrogens with zero attached hydrogens (tertiary/aromatic N) is 1. The third-order valence-corrected chi connectivity index (χ3v) is 5.78. The van der Waals surface area contributed by atoms with Crippen molar-refractivity contribution in [1.29, 1.82) is 0 Å². The van der Waals surface area contributed by atoms with E-state index >= 15 is 0 Å². The third-order valence-electron chi connectivity index (χ3n) is 5.78. The number of benzene rings is 2. The smallest absolute Gasteiger partial charge is 0.408 e. The fraction of sp³-hybridized carbons (Fsp3) is 0.414. The summed E-state index contributed by atoms with van der Waals surface area (Å²) in [5, 5.41) is 16.3. The van der Waals surface area contributed by atoms with E-state index in [0.717, 1.165) is 16.0 Å². The molecule has 2 rings (SSSR count). The second-order valence-electron chi connectivity index (χ2n) is 10.4. The maximum absolute atomic E-state index is 13.8. The lowest BCUT2D eigenvalue weighted by Gasteiger charge is -2.32. The molecule has 8 heteroatoms. The van der Waals surface area contributed by atoms with Crippen molar-refractivity contribution in [3.05, 3.63) is 58.7 Å². The highest BCUT2D eigenvalue weighted by Gasteiger charge is 2.38. The van der Waals surface area contributed by atoms with E-state index in [1.54, 1.807) is 59.7 Å². The van der Waals surface area contributed by atoms with Crippen LogP contribution in [0.25, 0.3) is 0 Å². The summed E-state index contributed by atoms with van der Waals surface area (Å²) in [6.45, 7) is 14.0. The maximum atomic E-state index is 13.8. The van der Waals surface area contributed by atoms with Gasteiger partial charge in [-0.15, -0.1) is 0 Å². The number of nitrogens with one attached hydrogen (secondary N) is 2. The number of anilines is 1. The summed E-state index contributed by atoms with van der Waals surface area (Å²) < 4.78 is 5.32. The van der Waals surface area contributed by atoms with Crippen LogP contribution in [0.15, 0.2) is 36.4 Å². The summed E-state index contributed by atoms with van der Waals surface area (Å²) >= 11 is 0. The van der Waals surface area contributed by atoms with Crippen LogP contribution >= 0.6 is 0 Å². The van der Waals surface area contributed by atoms with E-state index in [2.05, 4.69) is 16.7 Å². The second-order valence-corrected chi connectivity index (χ2v) is 10.4. The largest absolute Gasteiger partial charge is 0.507 e. The van der Waals surface area contributed by atoms with E-state index < -0.39 is 35.6 Å². The van der Waals surface area contributed by atoms with Gasteiger partial charge in [0, 0.05) is 17.3 Å². The van der Waals surface area contributed by atoms with Crippen molar-refractivity contribution < 1.29 is 24.2 Å². The molecule has 0 saturated carbocycles. The zero-order valence-electron chi connectivity index (χ0n) is 22.8. The van der Waals surface area contributed by atoms with Gasteiger partial charge in [-0.05, 0) is 64.2 Å². The van der Waals surface area contributed by atoms with Crippen molar-refractivity contribution in [3.8, 4) is 18.2 Å². The number of ether oxygens (including phenoxy) is 1. The molecule has 2 aromatic carbocycles. The Morgan fingerprint density at radius 1 is 1.00 bits per heavy atom. The Kier molecular flexibility index (Phi) is 9.35. The summed E-state index contributed by atoms with van der Waals surface area (Å²) in [7, 11) is 0. The van der Waals surface area contributed by atoms with Crippen LogP contribution in [0.4, 0.5) is 10.5 Å². The molecule has 0 aliphatic carbocycles. The summed E-state index contributed by atoms with van der Waals surface area (Å²) in [6, 6.07) is 10.3. The summed E-state index contributed by atoms with van der Waals surface area (Å²) in [4.78, 5) is 41.0. The van der Waals surface area contributed by atoms with Crippen molar-refractivity contribution in [2.24, 2.45) is 5.92 Å². The van der Waals surface area contributed by atoms with Gasteiger partial charge < -0.3 is 20.5 Å². The Hall–Kier alpha value is -3.99. The Morgan fingerprint density at radius 3 is 2.05 bits per heavy atom. The van der Waals surface area contributed by atoms with Gasteiger partial charge in [-0.1, -0.05) is 56.7 Å². The van der Waals surface area contributed by atoms with E-state index in [0.29, 0.717) is 11.3 Å². The number of terminal acetylenes is 1. The first kappa shape index (κ1) is 29.2. The number of hydrogen-bond donors (Lipinski definition) is 3. The Morgan fingerprint density at radius 2 is 1.54 bits per heavy atom. The molecule has 0 aromatic heterocycles. The lowest BCUT2D eigenvalue weighted by Crippen LogP contribution is -2.53. The van der Waals surface area contributed by atoms with Gasteiger partial charge in [-0.3, -0.25) is 14.5 Å². The van der Waals surface area contributed by atoms with E-state index in [4.69, 9.17) is 11.2 Å². The molecule has 3 amide bonds.